The summed E-state index contributed by atoms with van der Waals surface area (Å²) in [5.41, 5.74) is 4.29. The third-order valence-electron chi connectivity index (χ3n) is 6.06. The molecule has 4 rings (SSSR count). The van der Waals surface area contributed by atoms with Crippen molar-refractivity contribution in [1.29, 1.82) is 0 Å². The average molecular weight is 653 g/mol. The molecule has 9 heteroatoms. The van der Waals surface area contributed by atoms with Gasteiger partial charge in [0.05, 0.1) is 44.6 Å². The molecule has 182 valence electrons. The highest BCUT2D eigenvalue weighted by molar-refractivity contribution is 14.0. The van der Waals surface area contributed by atoms with Crippen LogP contribution in [0.2, 0.25) is 20.1 Å². The lowest BCUT2D eigenvalue weighted by molar-refractivity contribution is -0.670. The molecule has 0 amide bonds. The van der Waals surface area contributed by atoms with E-state index >= 15 is 0 Å². The van der Waals surface area contributed by atoms with E-state index in [-0.39, 0.29) is 24.0 Å². The van der Waals surface area contributed by atoms with Gasteiger partial charge in [0.25, 0.3) is 5.82 Å². The zero-order chi connectivity index (χ0) is 23.9. The summed E-state index contributed by atoms with van der Waals surface area (Å²) in [7, 11) is 0. The van der Waals surface area contributed by atoms with Gasteiger partial charge in [-0.25, -0.2) is 9.13 Å². The van der Waals surface area contributed by atoms with Crippen molar-refractivity contribution in [1.82, 2.24) is 4.57 Å². The summed E-state index contributed by atoms with van der Waals surface area (Å²) < 4.78 is 4.52. The molecule has 0 fully saturated rings. The average Bonchev–Trinajstić information content (AvgIpc) is 3.24. The van der Waals surface area contributed by atoms with E-state index in [2.05, 4.69) is 64.9 Å². The number of aromatic nitrogens is 2. The number of hydrogen-bond acceptors (Lipinski definition) is 2. The van der Waals surface area contributed by atoms with Gasteiger partial charge in [-0.2, -0.15) is 0 Å². The quantitative estimate of drug-likeness (QED) is 0.196. The minimum absolute atomic E-state index is 0. The van der Waals surface area contributed by atoms with Crippen molar-refractivity contribution < 1.29 is 4.57 Å². The largest absolute Gasteiger partial charge is 0.326 e. The molecule has 34 heavy (non-hydrogen) atoms. The number of anilines is 2. The highest BCUT2D eigenvalue weighted by Crippen LogP contribution is 2.45. The molecule has 0 saturated heterocycles. The van der Waals surface area contributed by atoms with Gasteiger partial charge in [-0.15, -0.1) is 24.0 Å². The Bertz CT molecular complexity index is 1200. The van der Waals surface area contributed by atoms with Gasteiger partial charge in [0.2, 0.25) is 0 Å². The SMILES string of the molecule is CCN1C(=C/C=C/c2n(CC)c3cc(Cl)c(Cl)cc3[n+]2CC)N(CC)c2cc(Cl)c(Cl)cc21.I. The van der Waals surface area contributed by atoms with Gasteiger partial charge in [-0.1, -0.05) is 52.5 Å². The van der Waals surface area contributed by atoms with E-state index in [1.807, 2.05) is 24.3 Å². The van der Waals surface area contributed by atoms with Crippen molar-refractivity contribution in [2.45, 2.75) is 40.8 Å². The van der Waals surface area contributed by atoms with Crippen LogP contribution in [0.1, 0.15) is 33.5 Å². The van der Waals surface area contributed by atoms with Crippen LogP contribution in [0, 0.1) is 0 Å². The molecule has 1 aliphatic rings. The van der Waals surface area contributed by atoms with Gasteiger partial charge in [0.15, 0.2) is 11.0 Å². The van der Waals surface area contributed by atoms with E-state index in [0.717, 1.165) is 60.2 Å². The maximum Gasteiger partial charge on any atom is 0.282 e. The number of rotatable bonds is 6. The lowest BCUT2D eigenvalue weighted by Crippen LogP contribution is -2.35. The standard InChI is InChI=1S/C25H27Cl4N4.HI/c1-5-30-20-12-16(26)17(27)13-21(20)31(6-2)24(30)10-9-11-25-32(7-3)22-14-18(28)19(29)15-23(22)33(25)8-4;/h9-15H,5-8H2,1-4H3;1H/q+1;. The van der Waals surface area contributed by atoms with Crippen LogP contribution in [0.15, 0.2) is 42.2 Å². The number of halogens is 5. The topological polar surface area (TPSA) is 15.3 Å². The monoisotopic (exact) mass is 651 g/mol. The minimum Gasteiger partial charge on any atom is -0.326 e. The van der Waals surface area contributed by atoms with Crippen molar-refractivity contribution in [3.05, 3.63) is 68.2 Å². The Hall–Kier alpha value is -1.12. The molecule has 1 aromatic heterocycles. The highest BCUT2D eigenvalue weighted by atomic mass is 127. The van der Waals surface area contributed by atoms with E-state index in [1.54, 1.807) is 0 Å². The summed E-state index contributed by atoms with van der Waals surface area (Å²) in [6, 6.07) is 7.79. The van der Waals surface area contributed by atoms with Crippen LogP contribution in [0.3, 0.4) is 0 Å². The molecule has 0 spiro atoms. The van der Waals surface area contributed by atoms with Crippen LogP contribution in [-0.2, 0) is 13.1 Å². The van der Waals surface area contributed by atoms with E-state index in [1.165, 1.54) is 0 Å². The van der Waals surface area contributed by atoms with Gasteiger partial charge >= 0.3 is 0 Å². The van der Waals surface area contributed by atoms with E-state index in [9.17, 15) is 0 Å². The van der Waals surface area contributed by atoms with Gasteiger partial charge in [0, 0.05) is 31.3 Å². The van der Waals surface area contributed by atoms with Gasteiger partial charge in [-0.3, -0.25) is 0 Å². The first-order valence-electron chi connectivity index (χ1n) is 11.2. The molecular formula is C25H28Cl4IN4+. The van der Waals surface area contributed by atoms with Crippen LogP contribution >= 0.6 is 70.4 Å². The summed E-state index contributed by atoms with van der Waals surface area (Å²) in [6.07, 6.45) is 6.39. The Labute approximate surface area is 238 Å². The fraction of sp³-hybridized carbons (Fsp3) is 0.320. The summed E-state index contributed by atoms with van der Waals surface area (Å²) >= 11 is 25.3. The van der Waals surface area contributed by atoms with E-state index in [0.29, 0.717) is 20.1 Å². The molecule has 0 unspecified atom stereocenters. The van der Waals surface area contributed by atoms with Crippen LogP contribution in [0.25, 0.3) is 17.1 Å². The number of hydrogen-bond donors (Lipinski definition) is 0. The van der Waals surface area contributed by atoms with Crippen molar-refractivity contribution in [2.24, 2.45) is 0 Å². The molecule has 0 radical (unpaired) electrons. The third kappa shape index (κ3) is 4.66. The fourth-order valence-corrected chi connectivity index (χ4v) is 5.24. The summed E-state index contributed by atoms with van der Waals surface area (Å²) in [4.78, 5) is 4.52. The van der Waals surface area contributed by atoms with Gasteiger partial charge in [-0.05, 0) is 45.9 Å². The predicted octanol–water partition coefficient (Wildman–Crippen LogP) is 8.42. The van der Waals surface area contributed by atoms with Crippen LogP contribution < -0.4 is 14.4 Å². The third-order valence-corrected chi connectivity index (χ3v) is 7.50. The normalized spacial score (nSPS) is 13.2. The molecule has 3 aromatic rings. The fourth-order valence-electron chi connectivity index (χ4n) is 4.61. The van der Waals surface area contributed by atoms with Gasteiger partial charge < -0.3 is 9.80 Å². The maximum atomic E-state index is 6.33. The van der Waals surface area contributed by atoms with Crippen molar-refractivity contribution in [3.63, 3.8) is 0 Å². The number of benzene rings is 2. The maximum absolute atomic E-state index is 6.33. The van der Waals surface area contributed by atoms with Crippen molar-refractivity contribution in [3.8, 4) is 0 Å². The molecule has 0 saturated carbocycles. The predicted molar refractivity (Wildman–Crippen MR) is 159 cm³/mol. The number of fused-ring (bicyclic) bond motifs is 2. The molecule has 0 N–H and O–H groups in total. The summed E-state index contributed by atoms with van der Waals surface area (Å²) in [5.74, 6) is 2.19. The first-order chi connectivity index (χ1) is 15.9. The number of nitrogens with zero attached hydrogens (tertiary/aromatic N) is 4. The molecule has 1 aliphatic heterocycles. The zero-order valence-corrected chi connectivity index (χ0v) is 24.9. The highest BCUT2D eigenvalue weighted by Gasteiger charge is 2.30. The number of aryl methyl sites for hydroxylation is 2. The Morgan fingerprint density at radius 3 is 1.79 bits per heavy atom. The van der Waals surface area contributed by atoms with Crippen molar-refractivity contribution >= 4 is 98.9 Å². The number of imidazole rings is 1. The number of allylic oxidation sites excluding steroid dienone is 2. The molecule has 0 atom stereocenters. The second kappa shape index (κ2) is 11.3. The molecular weight excluding hydrogens is 625 g/mol. The summed E-state index contributed by atoms with van der Waals surface area (Å²) in [6.45, 7) is 11.8. The first-order valence-corrected chi connectivity index (χ1v) is 12.7. The van der Waals surface area contributed by atoms with Gasteiger partial charge in [0.1, 0.15) is 5.82 Å². The molecule has 2 aromatic carbocycles. The Balaban J connectivity index is 0.00000324. The summed E-state index contributed by atoms with van der Waals surface area (Å²) in [5, 5.41) is 2.26. The van der Waals surface area contributed by atoms with E-state index < -0.39 is 0 Å². The Morgan fingerprint density at radius 1 is 0.765 bits per heavy atom. The van der Waals surface area contributed by atoms with E-state index in [4.69, 9.17) is 46.4 Å². The molecule has 2 heterocycles. The Kier molecular flexibility index (Phi) is 9.12. The second-order valence-corrected chi connectivity index (χ2v) is 9.36. The lowest BCUT2D eigenvalue weighted by atomic mass is 10.2. The minimum atomic E-state index is 0. The first kappa shape index (κ1) is 27.5. The zero-order valence-electron chi connectivity index (χ0n) is 19.6. The molecule has 0 bridgehead atoms. The smallest absolute Gasteiger partial charge is 0.282 e. The lowest BCUT2D eigenvalue weighted by Gasteiger charge is -2.23. The second-order valence-electron chi connectivity index (χ2n) is 7.73. The van der Waals surface area contributed by atoms with Crippen LogP contribution in [0.5, 0.6) is 0 Å². The van der Waals surface area contributed by atoms with Crippen LogP contribution in [-0.4, -0.2) is 17.7 Å². The van der Waals surface area contributed by atoms with Crippen LogP contribution in [0.4, 0.5) is 11.4 Å². The Morgan fingerprint density at radius 2 is 1.29 bits per heavy atom. The van der Waals surface area contributed by atoms with Crippen molar-refractivity contribution in [2.75, 3.05) is 22.9 Å². The molecule has 0 aliphatic carbocycles. The molecule has 4 nitrogen and oxygen atoms in total.